The molecular formula is C11H11N3. The lowest BCUT2D eigenvalue weighted by Crippen LogP contribution is -2.28. The van der Waals surface area contributed by atoms with Crippen molar-refractivity contribution >= 4 is 5.82 Å². The van der Waals surface area contributed by atoms with Gasteiger partial charge in [-0.2, -0.15) is 5.26 Å². The summed E-state index contributed by atoms with van der Waals surface area (Å²) in [6.45, 7) is 3.74. The van der Waals surface area contributed by atoms with Crippen molar-refractivity contribution in [2.45, 2.75) is 19.4 Å². The third-order valence-corrected chi connectivity index (χ3v) is 1.69. The van der Waals surface area contributed by atoms with Gasteiger partial charge in [-0.3, -0.25) is 0 Å². The molecule has 3 heteroatoms. The first-order valence-electron chi connectivity index (χ1n) is 4.19. The quantitative estimate of drug-likeness (QED) is 0.714. The van der Waals surface area contributed by atoms with E-state index >= 15 is 0 Å². The molecule has 1 heterocycles. The molecule has 70 valence electrons. The number of nitrogens with zero attached hydrogens (tertiary/aromatic N) is 2. The van der Waals surface area contributed by atoms with E-state index in [1.807, 2.05) is 19.9 Å². The molecule has 0 unspecified atom stereocenters. The van der Waals surface area contributed by atoms with Crippen molar-refractivity contribution < 1.29 is 0 Å². The number of rotatable bonds is 2. The Hall–Kier alpha value is -2.00. The summed E-state index contributed by atoms with van der Waals surface area (Å²) in [6, 6.07) is 5.35. The van der Waals surface area contributed by atoms with Crippen LogP contribution in [0.4, 0.5) is 5.82 Å². The maximum Gasteiger partial charge on any atom is 0.128 e. The van der Waals surface area contributed by atoms with E-state index in [9.17, 15) is 0 Å². The zero-order valence-electron chi connectivity index (χ0n) is 8.20. The Morgan fingerprint density at radius 3 is 2.86 bits per heavy atom. The van der Waals surface area contributed by atoms with Crippen LogP contribution in [-0.4, -0.2) is 10.5 Å². The normalized spacial score (nSPS) is 10.0. The first-order valence-corrected chi connectivity index (χ1v) is 4.19. The highest BCUT2D eigenvalue weighted by atomic mass is 15.0. The molecule has 3 nitrogen and oxygen atoms in total. The summed E-state index contributed by atoms with van der Waals surface area (Å²) >= 11 is 0. The second-order valence-electron chi connectivity index (χ2n) is 3.44. The minimum Gasteiger partial charge on any atom is -0.354 e. The molecule has 1 N–H and O–H groups in total. The van der Waals surface area contributed by atoms with Crippen LogP contribution in [0.5, 0.6) is 0 Å². The van der Waals surface area contributed by atoms with Gasteiger partial charge in [-0.1, -0.05) is 5.92 Å². The van der Waals surface area contributed by atoms with E-state index < -0.39 is 5.54 Å². The number of hydrogen-bond donors (Lipinski definition) is 1. The summed E-state index contributed by atoms with van der Waals surface area (Å²) in [6.07, 6.45) is 6.90. The van der Waals surface area contributed by atoms with E-state index in [2.05, 4.69) is 16.2 Å². The predicted molar refractivity (Wildman–Crippen MR) is 55.5 cm³/mol. The lowest BCUT2D eigenvalue weighted by molar-refractivity contribution is 0.736. The molecule has 0 saturated heterocycles. The van der Waals surface area contributed by atoms with Gasteiger partial charge >= 0.3 is 0 Å². The first-order chi connectivity index (χ1) is 6.57. The SMILES string of the molecule is C#CC(C)(C)Nc1cc(C#N)ccn1. The van der Waals surface area contributed by atoms with Crippen molar-refractivity contribution in [2.75, 3.05) is 5.32 Å². The minimum atomic E-state index is -0.457. The van der Waals surface area contributed by atoms with Crippen LogP contribution in [0.2, 0.25) is 0 Å². The number of aromatic nitrogens is 1. The molecule has 0 bridgehead atoms. The van der Waals surface area contributed by atoms with Gasteiger partial charge < -0.3 is 5.32 Å². The summed E-state index contributed by atoms with van der Waals surface area (Å²) in [7, 11) is 0. The van der Waals surface area contributed by atoms with Crippen LogP contribution in [-0.2, 0) is 0 Å². The highest BCUT2D eigenvalue weighted by Gasteiger charge is 2.13. The molecule has 1 aromatic rings. The summed E-state index contributed by atoms with van der Waals surface area (Å²) in [4.78, 5) is 4.06. The Balaban J connectivity index is 2.90. The van der Waals surface area contributed by atoms with Crippen molar-refractivity contribution in [1.82, 2.24) is 4.98 Å². The summed E-state index contributed by atoms with van der Waals surface area (Å²) < 4.78 is 0. The molecular weight excluding hydrogens is 174 g/mol. The maximum absolute atomic E-state index is 8.67. The van der Waals surface area contributed by atoms with Crippen LogP contribution in [0.3, 0.4) is 0 Å². The second-order valence-corrected chi connectivity index (χ2v) is 3.44. The highest BCUT2D eigenvalue weighted by Crippen LogP contribution is 2.12. The van der Waals surface area contributed by atoms with Gasteiger partial charge in [0.15, 0.2) is 0 Å². The number of nitrogens with one attached hydrogen (secondary N) is 1. The minimum absolute atomic E-state index is 0.457. The van der Waals surface area contributed by atoms with Gasteiger partial charge in [0.1, 0.15) is 5.82 Å². The molecule has 0 radical (unpaired) electrons. The van der Waals surface area contributed by atoms with E-state index in [4.69, 9.17) is 11.7 Å². The van der Waals surface area contributed by atoms with Gasteiger partial charge in [0, 0.05) is 6.20 Å². The van der Waals surface area contributed by atoms with Crippen molar-refractivity contribution in [2.24, 2.45) is 0 Å². The number of anilines is 1. The number of terminal acetylenes is 1. The van der Waals surface area contributed by atoms with Crippen LogP contribution in [0.25, 0.3) is 0 Å². The highest BCUT2D eigenvalue weighted by molar-refractivity contribution is 5.45. The number of pyridine rings is 1. The van der Waals surface area contributed by atoms with Crippen molar-refractivity contribution in [3.63, 3.8) is 0 Å². The predicted octanol–water partition coefficient (Wildman–Crippen LogP) is 1.78. The van der Waals surface area contributed by atoms with Gasteiger partial charge in [-0.15, -0.1) is 6.42 Å². The average Bonchev–Trinajstić information content (AvgIpc) is 2.17. The lowest BCUT2D eigenvalue weighted by Gasteiger charge is -2.19. The largest absolute Gasteiger partial charge is 0.354 e. The van der Waals surface area contributed by atoms with Crippen LogP contribution in [0, 0.1) is 23.7 Å². The Bertz CT molecular complexity index is 407. The lowest BCUT2D eigenvalue weighted by atomic mass is 10.1. The second kappa shape index (κ2) is 3.81. The van der Waals surface area contributed by atoms with Gasteiger partial charge in [-0.05, 0) is 26.0 Å². The van der Waals surface area contributed by atoms with Gasteiger partial charge in [-0.25, -0.2) is 4.98 Å². The third kappa shape index (κ3) is 2.50. The molecule has 1 aromatic heterocycles. The fourth-order valence-electron chi connectivity index (χ4n) is 0.925. The fourth-order valence-corrected chi connectivity index (χ4v) is 0.925. The third-order valence-electron chi connectivity index (χ3n) is 1.69. The first kappa shape index (κ1) is 10.1. The number of hydrogen-bond acceptors (Lipinski definition) is 3. The van der Waals surface area contributed by atoms with E-state index in [0.29, 0.717) is 11.4 Å². The Morgan fingerprint density at radius 1 is 1.57 bits per heavy atom. The van der Waals surface area contributed by atoms with Gasteiger partial charge in [0.05, 0.1) is 17.2 Å². The summed E-state index contributed by atoms with van der Waals surface area (Å²) in [5, 5.41) is 11.7. The molecule has 1 rings (SSSR count). The average molecular weight is 185 g/mol. The maximum atomic E-state index is 8.67. The molecule has 14 heavy (non-hydrogen) atoms. The Kier molecular flexibility index (Phi) is 2.74. The molecule has 0 amide bonds. The fraction of sp³-hybridized carbons (Fsp3) is 0.273. The van der Waals surface area contributed by atoms with E-state index in [-0.39, 0.29) is 0 Å². The zero-order chi connectivity index (χ0) is 10.6. The van der Waals surface area contributed by atoms with Crippen LogP contribution < -0.4 is 5.32 Å². The standard InChI is InChI=1S/C11H11N3/c1-4-11(2,3)14-10-7-9(8-12)5-6-13-10/h1,5-7H,2-3H3,(H,13,14). The number of nitriles is 1. The monoisotopic (exact) mass is 185 g/mol. The molecule has 0 aliphatic rings. The van der Waals surface area contributed by atoms with Crippen molar-refractivity contribution in [3.05, 3.63) is 23.9 Å². The van der Waals surface area contributed by atoms with Crippen LogP contribution in [0.15, 0.2) is 18.3 Å². The Morgan fingerprint density at radius 2 is 2.29 bits per heavy atom. The molecule has 0 aliphatic carbocycles. The molecule has 0 aromatic carbocycles. The summed E-state index contributed by atoms with van der Waals surface area (Å²) in [5.41, 5.74) is 0.108. The van der Waals surface area contributed by atoms with Gasteiger partial charge in [0.2, 0.25) is 0 Å². The van der Waals surface area contributed by atoms with Crippen LogP contribution >= 0.6 is 0 Å². The zero-order valence-corrected chi connectivity index (χ0v) is 8.20. The smallest absolute Gasteiger partial charge is 0.128 e. The molecule has 0 fully saturated rings. The van der Waals surface area contributed by atoms with Crippen molar-refractivity contribution in [1.29, 1.82) is 5.26 Å². The molecule has 0 atom stereocenters. The molecule has 0 aliphatic heterocycles. The van der Waals surface area contributed by atoms with Crippen LogP contribution in [0.1, 0.15) is 19.4 Å². The van der Waals surface area contributed by atoms with E-state index in [0.717, 1.165) is 0 Å². The molecule has 0 saturated carbocycles. The van der Waals surface area contributed by atoms with Crippen molar-refractivity contribution in [3.8, 4) is 18.4 Å². The molecule has 0 spiro atoms. The van der Waals surface area contributed by atoms with E-state index in [1.165, 1.54) is 0 Å². The summed E-state index contributed by atoms with van der Waals surface area (Å²) in [5.74, 6) is 3.21. The topological polar surface area (TPSA) is 48.7 Å². The Labute approximate surface area is 83.8 Å². The van der Waals surface area contributed by atoms with E-state index in [1.54, 1.807) is 18.3 Å². The van der Waals surface area contributed by atoms with Gasteiger partial charge in [0.25, 0.3) is 0 Å².